The summed E-state index contributed by atoms with van der Waals surface area (Å²) in [7, 11) is 0. The van der Waals surface area contributed by atoms with E-state index >= 15 is 0 Å². The summed E-state index contributed by atoms with van der Waals surface area (Å²) < 4.78 is 0. The first-order valence-corrected chi connectivity index (χ1v) is 10.6. The Hall–Kier alpha value is -2.99. The van der Waals surface area contributed by atoms with Crippen molar-refractivity contribution < 1.29 is 14.4 Å². The monoisotopic (exact) mass is 403 g/mol. The third-order valence-electron chi connectivity index (χ3n) is 7.09. The third-order valence-corrected chi connectivity index (χ3v) is 7.09. The van der Waals surface area contributed by atoms with Crippen LogP contribution in [0.25, 0.3) is 0 Å². The van der Waals surface area contributed by atoms with E-state index < -0.39 is 17.4 Å². The Bertz CT molecular complexity index is 1040. The van der Waals surface area contributed by atoms with Gasteiger partial charge in [-0.2, -0.15) is 0 Å². The highest BCUT2D eigenvalue weighted by Gasteiger charge is 2.70. The lowest BCUT2D eigenvalue weighted by atomic mass is 9.75. The maximum Gasteiger partial charge on any atom is 0.250 e. The maximum atomic E-state index is 13.7. The number of nitrogens with zero attached hydrogens (tertiary/aromatic N) is 1. The molecule has 0 bridgehead atoms. The van der Waals surface area contributed by atoms with Crippen LogP contribution in [0.3, 0.4) is 0 Å². The minimum Gasteiger partial charge on any atom is -0.324 e. The van der Waals surface area contributed by atoms with Crippen LogP contribution in [0, 0.1) is 17.8 Å². The van der Waals surface area contributed by atoms with Crippen molar-refractivity contribution in [1.29, 1.82) is 0 Å². The highest BCUT2D eigenvalue weighted by molar-refractivity contribution is 6.15. The number of imide groups is 1. The average molecular weight is 403 g/mol. The molecule has 0 saturated carbocycles. The third kappa shape index (κ3) is 2.43. The molecule has 5 atom stereocenters. The molecule has 0 aromatic heterocycles. The van der Waals surface area contributed by atoms with Crippen LogP contribution < -0.4 is 10.6 Å². The van der Waals surface area contributed by atoms with E-state index in [1.54, 1.807) is 0 Å². The number of anilines is 1. The predicted molar refractivity (Wildman–Crippen MR) is 112 cm³/mol. The molecular formula is C24H25N3O3. The number of carbonyl (C=O) groups excluding carboxylic acids is 3. The van der Waals surface area contributed by atoms with E-state index in [1.165, 1.54) is 4.90 Å². The largest absolute Gasteiger partial charge is 0.324 e. The zero-order chi connectivity index (χ0) is 21.0. The number of carbonyl (C=O) groups is 3. The molecule has 0 radical (unpaired) electrons. The van der Waals surface area contributed by atoms with Crippen molar-refractivity contribution in [1.82, 2.24) is 10.2 Å². The van der Waals surface area contributed by atoms with Crippen LogP contribution in [0.4, 0.5) is 5.69 Å². The number of rotatable bonds is 4. The van der Waals surface area contributed by atoms with Crippen molar-refractivity contribution in [2.45, 2.75) is 38.4 Å². The summed E-state index contributed by atoms with van der Waals surface area (Å²) in [6.07, 6.45) is 0.848. The van der Waals surface area contributed by atoms with Crippen LogP contribution >= 0.6 is 0 Å². The standard InChI is InChI=1S/C24H25N3O3/c1-3-14(2)20-18-19(22(29)27(21(18)28)13-15-9-5-4-6-10-15)24(26-20)16-11-7-8-12-17(16)25-23(24)30/h4-12,14,18-20,26H,3,13H2,1-2H3,(H,25,30)/t14-,18-,19+,20+,24+/m1/s1. The second kappa shape index (κ2) is 6.77. The Kier molecular flexibility index (Phi) is 4.29. The molecule has 5 rings (SSSR count). The van der Waals surface area contributed by atoms with Gasteiger partial charge in [-0.3, -0.25) is 24.6 Å². The quantitative estimate of drug-likeness (QED) is 0.770. The van der Waals surface area contributed by atoms with Crippen molar-refractivity contribution in [2.75, 3.05) is 5.32 Å². The molecule has 2 N–H and O–H groups in total. The lowest BCUT2D eigenvalue weighted by molar-refractivity contribution is -0.143. The van der Waals surface area contributed by atoms with Crippen molar-refractivity contribution in [3.8, 4) is 0 Å². The van der Waals surface area contributed by atoms with Crippen LogP contribution in [0.15, 0.2) is 54.6 Å². The molecule has 6 nitrogen and oxygen atoms in total. The molecular weight excluding hydrogens is 378 g/mol. The fourth-order valence-electron chi connectivity index (χ4n) is 5.41. The zero-order valence-electron chi connectivity index (χ0n) is 17.1. The number of benzene rings is 2. The number of fused-ring (bicyclic) bond motifs is 4. The summed E-state index contributed by atoms with van der Waals surface area (Å²) in [6, 6.07) is 16.7. The topological polar surface area (TPSA) is 78.5 Å². The summed E-state index contributed by atoms with van der Waals surface area (Å²) in [5.41, 5.74) is 1.17. The molecule has 2 aromatic rings. The summed E-state index contributed by atoms with van der Waals surface area (Å²) in [5.74, 6) is -1.83. The molecule has 3 aliphatic rings. The zero-order valence-corrected chi connectivity index (χ0v) is 17.1. The van der Waals surface area contributed by atoms with Crippen LogP contribution in [-0.2, 0) is 26.5 Å². The molecule has 3 aliphatic heterocycles. The summed E-state index contributed by atoms with van der Waals surface area (Å²) >= 11 is 0. The van der Waals surface area contributed by atoms with Gasteiger partial charge < -0.3 is 5.32 Å². The molecule has 30 heavy (non-hydrogen) atoms. The van der Waals surface area contributed by atoms with Gasteiger partial charge in [0.25, 0.3) is 0 Å². The number of nitrogens with one attached hydrogen (secondary N) is 2. The van der Waals surface area contributed by atoms with E-state index in [4.69, 9.17) is 0 Å². The molecule has 2 fully saturated rings. The van der Waals surface area contributed by atoms with Gasteiger partial charge in [0.1, 0.15) is 5.54 Å². The summed E-state index contributed by atoms with van der Waals surface area (Å²) in [6.45, 7) is 4.38. The molecule has 6 heteroatoms. The van der Waals surface area contributed by atoms with Gasteiger partial charge in [0.2, 0.25) is 17.7 Å². The Morgan fingerprint density at radius 2 is 1.70 bits per heavy atom. The normalized spacial score (nSPS) is 30.5. The molecule has 0 aliphatic carbocycles. The molecule has 154 valence electrons. The molecule has 3 heterocycles. The van der Waals surface area contributed by atoms with Crippen molar-refractivity contribution in [2.24, 2.45) is 17.8 Å². The van der Waals surface area contributed by atoms with Crippen molar-refractivity contribution in [3.63, 3.8) is 0 Å². The Balaban J connectivity index is 1.62. The van der Waals surface area contributed by atoms with Crippen molar-refractivity contribution in [3.05, 3.63) is 65.7 Å². The fourth-order valence-corrected chi connectivity index (χ4v) is 5.41. The van der Waals surface area contributed by atoms with Crippen LogP contribution in [-0.4, -0.2) is 28.7 Å². The van der Waals surface area contributed by atoms with Gasteiger partial charge >= 0.3 is 0 Å². The number of hydrogen-bond donors (Lipinski definition) is 2. The highest BCUT2D eigenvalue weighted by atomic mass is 16.2. The lowest BCUT2D eigenvalue weighted by Gasteiger charge is -2.30. The minimum atomic E-state index is -1.20. The van der Waals surface area contributed by atoms with E-state index in [2.05, 4.69) is 24.5 Å². The smallest absolute Gasteiger partial charge is 0.250 e. The van der Waals surface area contributed by atoms with Gasteiger partial charge in [0, 0.05) is 17.3 Å². The maximum absolute atomic E-state index is 13.7. The first-order valence-electron chi connectivity index (χ1n) is 10.6. The van der Waals surface area contributed by atoms with Crippen LogP contribution in [0.5, 0.6) is 0 Å². The number of amides is 3. The number of likely N-dealkylation sites (tertiary alicyclic amines) is 1. The van der Waals surface area contributed by atoms with E-state index in [0.717, 1.165) is 17.5 Å². The SMILES string of the molecule is CC[C@@H](C)[C@@H]1N[C@]2(C(=O)Nc3ccccc32)[C@@H]2C(=O)N(Cc3ccccc3)C(=O)[C@@H]12. The van der Waals surface area contributed by atoms with Gasteiger partial charge in [0.05, 0.1) is 18.4 Å². The fraction of sp³-hybridized carbons (Fsp3) is 0.375. The summed E-state index contributed by atoms with van der Waals surface area (Å²) in [5, 5.41) is 6.43. The molecule has 1 spiro atoms. The second-order valence-electron chi connectivity index (χ2n) is 8.62. The molecule has 2 aromatic carbocycles. The van der Waals surface area contributed by atoms with Crippen LogP contribution in [0.1, 0.15) is 31.4 Å². The number of hydrogen-bond acceptors (Lipinski definition) is 4. The predicted octanol–water partition coefficient (Wildman–Crippen LogP) is 2.65. The van der Waals surface area contributed by atoms with Gasteiger partial charge in [-0.05, 0) is 17.5 Å². The van der Waals surface area contributed by atoms with E-state index in [9.17, 15) is 14.4 Å². The van der Waals surface area contributed by atoms with Gasteiger partial charge in [0.15, 0.2) is 0 Å². The summed E-state index contributed by atoms with van der Waals surface area (Å²) in [4.78, 5) is 41.9. The molecule has 3 amide bonds. The first-order chi connectivity index (χ1) is 14.5. The Morgan fingerprint density at radius 1 is 1.00 bits per heavy atom. The minimum absolute atomic E-state index is 0.144. The molecule has 0 unspecified atom stereocenters. The van der Waals surface area contributed by atoms with E-state index in [0.29, 0.717) is 5.69 Å². The number of para-hydroxylation sites is 1. The second-order valence-corrected chi connectivity index (χ2v) is 8.62. The van der Waals surface area contributed by atoms with E-state index in [-0.39, 0.29) is 36.2 Å². The lowest BCUT2D eigenvalue weighted by Crippen LogP contribution is -2.54. The Morgan fingerprint density at radius 3 is 2.43 bits per heavy atom. The van der Waals surface area contributed by atoms with Gasteiger partial charge in [-0.15, -0.1) is 0 Å². The van der Waals surface area contributed by atoms with Crippen molar-refractivity contribution >= 4 is 23.4 Å². The van der Waals surface area contributed by atoms with E-state index in [1.807, 2.05) is 54.6 Å². The molecule has 2 saturated heterocycles. The van der Waals surface area contributed by atoms with Gasteiger partial charge in [-0.25, -0.2) is 0 Å². The highest BCUT2D eigenvalue weighted by Crippen LogP contribution is 2.54. The Labute approximate surface area is 175 Å². The average Bonchev–Trinajstić information content (AvgIpc) is 3.35. The van der Waals surface area contributed by atoms with Gasteiger partial charge in [-0.1, -0.05) is 68.8 Å². The first kappa shape index (κ1) is 19.0. The van der Waals surface area contributed by atoms with Crippen LogP contribution in [0.2, 0.25) is 0 Å².